The van der Waals surface area contributed by atoms with E-state index in [2.05, 4.69) is 22.2 Å². The van der Waals surface area contributed by atoms with E-state index in [1.165, 1.54) is 35.7 Å². The van der Waals surface area contributed by atoms with Crippen molar-refractivity contribution in [1.29, 1.82) is 0 Å². The first kappa shape index (κ1) is 21.4. The first-order valence-corrected chi connectivity index (χ1v) is 11.1. The average molecular weight is 443 g/mol. The number of hydrogen-bond donors (Lipinski definition) is 1. The summed E-state index contributed by atoms with van der Waals surface area (Å²) in [6.07, 6.45) is 3.11. The van der Waals surface area contributed by atoms with Gasteiger partial charge in [-0.25, -0.2) is 18.7 Å². The van der Waals surface area contributed by atoms with E-state index in [1.807, 2.05) is 11.8 Å². The number of carbonyl (C=O) groups is 1. The van der Waals surface area contributed by atoms with Crippen LogP contribution in [0, 0.1) is 24.5 Å². The number of nitrogens with one attached hydrogen (secondary N) is 1. The summed E-state index contributed by atoms with van der Waals surface area (Å²) >= 11 is 1.44. The second kappa shape index (κ2) is 9.09. The minimum absolute atomic E-state index is 0.0452. The van der Waals surface area contributed by atoms with Crippen molar-refractivity contribution < 1.29 is 13.6 Å². The second-order valence-corrected chi connectivity index (χ2v) is 9.05. The van der Waals surface area contributed by atoms with Gasteiger partial charge in [-0.1, -0.05) is 19.1 Å². The van der Waals surface area contributed by atoms with Crippen LogP contribution in [0.5, 0.6) is 0 Å². The standard InChI is InChI=1S/C23H24F2N4OS/c1-14-4-3-11-29(19(14)13-27-20-10-9-18(25)12-26-20)23(30)21-22(31-15(2)28-21)16-5-7-17(24)8-6-16/h5-10,12,14,19H,3-4,11,13H2,1-2H3,(H,26,27)/t14-,19-/m0/s1. The Labute approximate surface area is 184 Å². The van der Waals surface area contributed by atoms with Crippen molar-refractivity contribution in [2.45, 2.75) is 32.7 Å². The number of aryl methyl sites for hydroxylation is 1. The summed E-state index contributed by atoms with van der Waals surface area (Å²) in [5, 5.41) is 4.02. The fraction of sp³-hybridized carbons (Fsp3) is 0.348. The lowest BCUT2D eigenvalue weighted by Gasteiger charge is -2.40. The maximum absolute atomic E-state index is 13.6. The normalized spacial score (nSPS) is 18.8. The molecule has 1 amide bonds. The van der Waals surface area contributed by atoms with E-state index in [0.29, 0.717) is 30.5 Å². The van der Waals surface area contributed by atoms with Gasteiger partial charge in [0.15, 0.2) is 0 Å². The molecule has 2 atom stereocenters. The maximum atomic E-state index is 13.6. The molecule has 1 aliphatic rings. The minimum atomic E-state index is -0.388. The summed E-state index contributed by atoms with van der Waals surface area (Å²) in [4.78, 5) is 24.8. The largest absolute Gasteiger partial charge is 0.368 e. The molecule has 0 unspecified atom stereocenters. The topological polar surface area (TPSA) is 58.1 Å². The zero-order chi connectivity index (χ0) is 22.0. The highest BCUT2D eigenvalue weighted by Crippen LogP contribution is 2.33. The van der Waals surface area contributed by atoms with E-state index in [4.69, 9.17) is 0 Å². The third kappa shape index (κ3) is 4.74. The summed E-state index contributed by atoms with van der Waals surface area (Å²) in [5.41, 5.74) is 1.19. The molecule has 5 nitrogen and oxygen atoms in total. The van der Waals surface area contributed by atoms with Crippen LogP contribution in [-0.2, 0) is 0 Å². The molecule has 0 aliphatic carbocycles. The summed E-state index contributed by atoms with van der Waals surface area (Å²) in [6.45, 7) is 5.16. The summed E-state index contributed by atoms with van der Waals surface area (Å²) < 4.78 is 26.5. The molecule has 8 heteroatoms. The predicted molar refractivity (Wildman–Crippen MR) is 118 cm³/mol. The van der Waals surface area contributed by atoms with Gasteiger partial charge in [0.05, 0.1) is 22.1 Å². The number of piperidine rings is 1. The molecule has 1 saturated heterocycles. The van der Waals surface area contributed by atoms with Crippen LogP contribution in [0.15, 0.2) is 42.6 Å². The van der Waals surface area contributed by atoms with Crippen LogP contribution in [-0.4, -0.2) is 39.9 Å². The zero-order valence-corrected chi connectivity index (χ0v) is 18.3. The van der Waals surface area contributed by atoms with Crippen molar-refractivity contribution in [3.8, 4) is 10.4 Å². The molecule has 1 N–H and O–H groups in total. The quantitative estimate of drug-likeness (QED) is 0.594. The molecule has 162 valence electrons. The summed E-state index contributed by atoms with van der Waals surface area (Å²) in [5.74, 6) is 0.0423. The van der Waals surface area contributed by atoms with Gasteiger partial charge in [-0.05, 0) is 55.5 Å². The number of aromatic nitrogens is 2. The van der Waals surface area contributed by atoms with Gasteiger partial charge in [0.1, 0.15) is 23.1 Å². The Morgan fingerprint density at radius 3 is 2.65 bits per heavy atom. The van der Waals surface area contributed by atoms with Gasteiger partial charge in [-0.3, -0.25) is 4.79 Å². The highest BCUT2D eigenvalue weighted by molar-refractivity contribution is 7.15. The van der Waals surface area contributed by atoms with E-state index in [9.17, 15) is 13.6 Å². The van der Waals surface area contributed by atoms with E-state index >= 15 is 0 Å². The van der Waals surface area contributed by atoms with Crippen molar-refractivity contribution in [3.63, 3.8) is 0 Å². The van der Waals surface area contributed by atoms with Crippen molar-refractivity contribution in [3.05, 3.63) is 64.9 Å². The number of halogens is 2. The maximum Gasteiger partial charge on any atom is 0.274 e. The molecule has 1 fully saturated rings. The van der Waals surface area contributed by atoms with Gasteiger partial charge in [0, 0.05) is 13.1 Å². The lowest BCUT2D eigenvalue weighted by molar-refractivity contribution is 0.0535. The molecule has 0 radical (unpaired) electrons. The first-order chi connectivity index (χ1) is 14.9. The third-order valence-corrected chi connectivity index (χ3v) is 6.66. The number of pyridine rings is 1. The van der Waals surface area contributed by atoms with Gasteiger partial charge in [-0.15, -0.1) is 11.3 Å². The molecular weight excluding hydrogens is 418 g/mol. The molecule has 3 heterocycles. The highest BCUT2D eigenvalue weighted by Gasteiger charge is 2.34. The van der Waals surface area contributed by atoms with Crippen LogP contribution in [0.2, 0.25) is 0 Å². The molecule has 2 aromatic heterocycles. The van der Waals surface area contributed by atoms with Crippen LogP contribution in [0.1, 0.15) is 35.3 Å². The predicted octanol–water partition coefficient (Wildman–Crippen LogP) is 5.14. The van der Waals surface area contributed by atoms with Crippen LogP contribution >= 0.6 is 11.3 Å². The van der Waals surface area contributed by atoms with E-state index in [0.717, 1.165) is 28.3 Å². The Hall–Kier alpha value is -2.87. The molecule has 0 spiro atoms. The van der Waals surface area contributed by atoms with Gasteiger partial charge < -0.3 is 10.2 Å². The molecule has 1 aliphatic heterocycles. The molecule has 4 rings (SSSR count). The molecule has 1 aromatic carbocycles. The SMILES string of the molecule is Cc1nc(C(=O)N2CCC[C@H](C)[C@@H]2CNc2ccc(F)cn2)c(-c2ccc(F)cc2)s1. The molecule has 31 heavy (non-hydrogen) atoms. The Kier molecular flexibility index (Phi) is 6.27. The van der Waals surface area contributed by atoms with Crippen LogP contribution < -0.4 is 5.32 Å². The van der Waals surface area contributed by atoms with E-state index in [1.54, 1.807) is 18.2 Å². The number of anilines is 1. The molecule has 0 bridgehead atoms. The van der Waals surface area contributed by atoms with Gasteiger partial charge >= 0.3 is 0 Å². The van der Waals surface area contributed by atoms with Crippen molar-refractivity contribution >= 4 is 23.1 Å². The molecule has 0 saturated carbocycles. The Morgan fingerprint density at radius 1 is 1.19 bits per heavy atom. The van der Waals surface area contributed by atoms with Gasteiger partial charge in [0.25, 0.3) is 5.91 Å². The summed E-state index contributed by atoms with van der Waals surface area (Å²) in [7, 11) is 0. The fourth-order valence-corrected chi connectivity index (χ4v) is 4.92. The van der Waals surface area contributed by atoms with Crippen molar-refractivity contribution in [2.75, 3.05) is 18.4 Å². The molecule has 3 aromatic rings. The number of amides is 1. The smallest absolute Gasteiger partial charge is 0.274 e. The lowest BCUT2D eigenvalue weighted by Crippen LogP contribution is -2.51. The number of nitrogens with zero attached hydrogens (tertiary/aromatic N) is 3. The number of rotatable bonds is 5. The lowest BCUT2D eigenvalue weighted by atomic mass is 9.90. The zero-order valence-electron chi connectivity index (χ0n) is 17.4. The number of carbonyl (C=O) groups excluding carboxylic acids is 1. The number of benzene rings is 1. The minimum Gasteiger partial charge on any atom is -0.368 e. The van der Waals surface area contributed by atoms with Crippen LogP contribution in [0.4, 0.5) is 14.6 Å². The van der Waals surface area contributed by atoms with Gasteiger partial charge in [0.2, 0.25) is 0 Å². The summed E-state index contributed by atoms with van der Waals surface area (Å²) in [6, 6.07) is 9.04. The van der Waals surface area contributed by atoms with E-state index in [-0.39, 0.29) is 23.6 Å². The number of hydrogen-bond acceptors (Lipinski definition) is 5. The van der Waals surface area contributed by atoms with E-state index < -0.39 is 0 Å². The van der Waals surface area contributed by atoms with Crippen LogP contribution in [0.25, 0.3) is 10.4 Å². The Bertz CT molecular complexity index is 1050. The fourth-order valence-electron chi connectivity index (χ4n) is 4.01. The van der Waals surface area contributed by atoms with Crippen molar-refractivity contribution in [1.82, 2.24) is 14.9 Å². The average Bonchev–Trinajstić information content (AvgIpc) is 3.15. The van der Waals surface area contributed by atoms with Gasteiger partial charge in [-0.2, -0.15) is 0 Å². The number of likely N-dealkylation sites (tertiary alicyclic amines) is 1. The molecular formula is C23H24F2N4OS. The van der Waals surface area contributed by atoms with Crippen molar-refractivity contribution in [2.24, 2.45) is 5.92 Å². The third-order valence-electron chi connectivity index (χ3n) is 5.64. The van der Waals surface area contributed by atoms with Crippen LogP contribution in [0.3, 0.4) is 0 Å². The Balaban J connectivity index is 1.58. The second-order valence-electron chi connectivity index (χ2n) is 7.85. The number of thiazole rings is 1. The Morgan fingerprint density at radius 2 is 1.94 bits per heavy atom. The first-order valence-electron chi connectivity index (χ1n) is 10.3. The highest BCUT2D eigenvalue weighted by atomic mass is 32.1. The monoisotopic (exact) mass is 442 g/mol.